The van der Waals surface area contributed by atoms with Crippen molar-refractivity contribution in [3.63, 3.8) is 0 Å². The SMILES string of the molecule is Cc1nc(N(C)c2ccc(F)cc2)sc1CNCC(C)C. The molecule has 1 N–H and O–H groups in total. The lowest BCUT2D eigenvalue weighted by Gasteiger charge is -2.15. The van der Waals surface area contributed by atoms with Crippen LogP contribution in [0.15, 0.2) is 24.3 Å². The first-order valence-electron chi connectivity index (χ1n) is 7.13. The zero-order valence-electron chi connectivity index (χ0n) is 13.0. The summed E-state index contributed by atoms with van der Waals surface area (Å²) in [7, 11) is 1.96. The number of anilines is 2. The third kappa shape index (κ3) is 4.25. The highest BCUT2D eigenvalue weighted by atomic mass is 32.1. The van der Waals surface area contributed by atoms with Crippen molar-refractivity contribution < 1.29 is 4.39 Å². The highest BCUT2D eigenvalue weighted by molar-refractivity contribution is 7.15. The second-order valence-electron chi connectivity index (χ2n) is 5.57. The van der Waals surface area contributed by atoms with E-state index in [1.807, 2.05) is 18.9 Å². The van der Waals surface area contributed by atoms with Crippen molar-refractivity contribution in [1.82, 2.24) is 10.3 Å². The van der Waals surface area contributed by atoms with Crippen LogP contribution < -0.4 is 10.2 Å². The number of nitrogens with one attached hydrogen (secondary N) is 1. The Kier molecular flexibility index (Phi) is 5.31. The number of aromatic nitrogens is 1. The standard InChI is InChI=1S/C16H22FN3S/c1-11(2)9-18-10-15-12(3)19-16(21-15)20(4)14-7-5-13(17)6-8-14/h5-8,11,18H,9-10H2,1-4H3. The Morgan fingerprint density at radius 1 is 1.29 bits per heavy atom. The molecule has 0 aliphatic rings. The van der Waals surface area contributed by atoms with Gasteiger partial charge in [0.25, 0.3) is 0 Å². The Morgan fingerprint density at radius 2 is 1.95 bits per heavy atom. The molecule has 1 heterocycles. The van der Waals surface area contributed by atoms with Gasteiger partial charge in [0.1, 0.15) is 5.82 Å². The number of benzene rings is 1. The molecule has 2 aromatic rings. The molecule has 0 bridgehead atoms. The first-order valence-corrected chi connectivity index (χ1v) is 7.95. The van der Waals surface area contributed by atoms with E-state index in [9.17, 15) is 4.39 Å². The summed E-state index contributed by atoms with van der Waals surface area (Å²) in [6, 6.07) is 6.47. The number of aryl methyl sites for hydroxylation is 1. The van der Waals surface area contributed by atoms with E-state index in [2.05, 4.69) is 24.1 Å². The van der Waals surface area contributed by atoms with Gasteiger partial charge in [-0.05, 0) is 43.7 Å². The van der Waals surface area contributed by atoms with Gasteiger partial charge in [-0.3, -0.25) is 0 Å². The average molecular weight is 307 g/mol. The van der Waals surface area contributed by atoms with Gasteiger partial charge in [0, 0.05) is 24.2 Å². The van der Waals surface area contributed by atoms with Crippen molar-refractivity contribution in [2.24, 2.45) is 5.92 Å². The van der Waals surface area contributed by atoms with E-state index in [0.717, 1.165) is 29.6 Å². The molecule has 0 fully saturated rings. The lowest BCUT2D eigenvalue weighted by atomic mass is 10.2. The van der Waals surface area contributed by atoms with Gasteiger partial charge in [0.2, 0.25) is 0 Å². The fraction of sp³-hybridized carbons (Fsp3) is 0.438. The van der Waals surface area contributed by atoms with E-state index in [4.69, 9.17) is 0 Å². The third-order valence-corrected chi connectivity index (χ3v) is 4.45. The summed E-state index contributed by atoms with van der Waals surface area (Å²) >= 11 is 1.68. The quantitative estimate of drug-likeness (QED) is 0.870. The Labute approximate surface area is 129 Å². The molecule has 21 heavy (non-hydrogen) atoms. The summed E-state index contributed by atoms with van der Waals surface area (Å²) in [6.45, 7) is 8.27. The molecular weight excluding hydrogens is 285 g/mol. The van der Waals surface area contributed by atoms with Crippen LogP contribution in [0.3, 0.4) is 0 Å². The molecule has 1 aromatic carbocycles. The van der Waals surface area contributed by atoms with Gasteiger partial charge in [-0.1, -0.05) is 25.2 Å². The minimum absolute atomic E-state index is 0.221. The summed E-state index contributed by atoms with van der Waals surface area (Å²) in [5, 5.41) is 4.37. The lowest BCUT2D eigenvalue weighted by Crippen LogP contribution is -2.18. The maximum absolute atomic E-state index is 13.0. The van der Waals surface area contributed by atoms with Gasteiger partial charge < -0.3 is 10.2 Å². The smallest absolute Gasteiger partial charge is 0.190 e. The summed E-state index contributed by atoms with van der Waals surface area (Å²) in [6.07, 6.45) is 0. The molecular formula is C16H22FN3S. The van der Waals surface area contributed by atoms with Crippen molar-refractivity contribution in [3.8, 4) is 0 Å². The number of thiazole rings is 1. The van der Waals surface area contributed by atoms with Gasteiger partial charge in [-0.2, -0.15) is 0 Å². The lowest BCUT2D eigenvalue weighted by molar-refractivity contribution is 0.554. The Balaban J connectivity index is 2.08. The molecule has 0 aliphatic carbocycles. The van der Waals surface area contributed by atoms with E-state index in [1.54, 1.807) is 23.5 Å². The maximum Gasteiger partial charge on any atom is 0.190 e. The van der Waals surface area contributed by atoms with E-state index in [0.29, 0.717) is 5.92 Å². The molecule has 0 unspecified atom stereocenters. The summed E-state index contributed by atoms with van der Waals surface area (Å²) < 4.78 is 13.0. The zero-order chi connectivity index (χ0) is 15.4. The maximum atomic E-state index is 13.0. The van der Waals surface area contributed by atoms with Crippen LogP contribution in [0.1, 0.15) is 24.4 Å². The fourth-order valence-electron chi connectivity index (χ4n) is 1.97. The van der Waals surface area contributed by atoms with Crippen LogP contribution in [-0.4, -0.2) is 18.6 Å². The predicted octanol–water partition coefficient (Wildman–Crippen LogP) is 4.10. The normalized spacial score (nSPS) is 11.1. The number of hydrogen-bond acceptors (Lipinski definition) is 4. The molecule has 0 amide bonds. The van der Waals surface area contributed by atoms with Gasteiger partial charge in [-0.15, -0.1) is 0 Å². The number of rotatable bonds is 6. The fourth-order valence-corrected chi connectivity index (χ4v) is 2.98. The summed E-state index contributed by atoms with van der Waals surface area (Å²) in [5.74, 6) is 0.417. The summed E-state index contributed by atoms with van der Waals surface area (Å²) in [5.41, 5.74) is 1.99. The van der Waals surface area contributed by atoms with Crippen LogP contribution in [-0.2, 0) is 6.54 Å². The van der Waals surface area contributed by atoms with Crippen LogP contribution >= 0.6 is 11.3 Å². The average Bonchev–Trinajstić information content (AvgIpc) is 2.80. The second-order valence-corrected chi connectivity index (χ2v) is 6.63. The molecule has 1 aromatic heterocycles. The molecule has 0 saturated carbocycles. The van der Waals surface area contributed by atoms with Crippen LogP contribution in [0.5, 0.6) is 0 Å². The molecule has 3 nitrogen and oxygen atoms in total. The molecule has 5 heteroatoms. The number of halogens is 1. The second kappa shape index (κ2) is 7.00. The molecule has 0 saturated heterocycles. The molecule has 2 rings (SSSR count). The molecule has 0 atom stereocenters. The number of nitrogens with zero attached hydrogens (tertiary/aromatic N) is 2. The molecule has 0 spiro atoms. The van der Waals surface area contributed by atoms with E-state index in [-0.39, 0.29) is 5.82 Å². The highest BCUT2D eigenvalue weighted by Gasteiger charge is 2.12. The van der Waals surface area contributed by atoms with Crippen LogP contribution in [0, 0.1) is 18.7 Å². The predicted molar refractivity (Wildman–Crippen MR) is 87.9 cm³/mol. The Morgan fingerprint density at radius 3 is 2.57 bits per heavy atom. The summed E-state index contributed by atoms with van der Waals surface area (Å²) in [4.78, 5) is 7.86. The minimum Gasteiger partial charge on any atom is -0.321 e. The molecule has 0 radical (unpaired) electrons. The van der Waals surface area contributed by atoms with Crippen molar-refractivity contribution in [2.75, 3.05) is 18.5 Å². The number of hydrogen-bond donors (Lipinski definition) is 1. The van der Waals surface area contributed by atoms with Crippen LogP contribution in [0.2, 0.25) is 0 Å². The van der Waals surface area contributed by atoms with Crippen molar-refractivity contribution in [1.29, 1.82) is 0 Å². The molecule has 114 valence electrons. The van der Waals surface area contributed by atoms with Crippen molar-refractivity contribution in [2.45, 2.75) is 27.3 Å². The van der Waals surface area contributed by atoms with Crippen molar-refractivity contribution in [3.05, 3.63) is 40.7 Å². The van der Waals surface area contributed by atoms with E-state index in [1.165, 1.54) is 17.0 Å². The molecule has 0 aliphatic heterocycles. The van der Waals surface area contributed by atoms with Crippen LogP contribution in [0.25, 0.3) is 0 Å². The van der Waals surface area contributed by atoms with Gasteiger partial charge in [0.05, 0.1) is 5.69 Å². The van der Waals surface area contributed by atoms with Crippen LogP contribution in [0.4, 0.5) is 15.2 Å². The first-order chi connectivity index (χ1) is 9.97. The zero-order valence-corrected chi connectivity index (χ0v) is 13.8. The van der Waals surface area contributed by atoms with E-state index < -0.39 is 0 Å². The minimum atomic E-state index is -0.221. The Bertz CT molecular complexity index is 578. The Hall–Kier alpha value is -1.46. The monoisotopic (exact) mass is 307 g/mol. The largest absolute Gasteiger partial charge is 0.321 e. The third-order valence-electron chi connectivity index (χ3n) is 3.22. The van der Waals surface area contributed by atoms with Crippen molar-refractivity contribution >= 4 is 22.2 Å². The van der Waals surface area contributed by atoms with Gasteiger partial charge in [-0.25, -0.2) is 9.37 Å². The van der Waals surface area contributed by atoms with E-state index >= 15 is 0 Å². The topological polar surface area (TPSA) is 28.2 Å². The van der Waals surface area contributed by atoms with Gasteiger partial charge in [0.15, 0.2) is 5.13 Å². The van der Waals surface area contributed by atoms with Gasteiger partial charge >= 0.3 is 0 Å². The highest BCUT2D eigenvalue weighted by Crippen LogP contribution is 2.30. The first kappa shape index (κ1) is 15.9.